The molecule has 0 bridgehead atoms. The van der Waals surface area contributed by atoms with Gasteiger partial charge in [-0.25, -0.2) is 0 Å². The van der Waals surface area contributed by atoms with Crippen LogP contribution in [-0.2, 0) is 4.79 Å². The molecule has 16 heavy (non-hydrogen) atoms. The average Bonchev–Trinajstić information content (AvgIpc) is 2.29. The van der Waals surface area contributed by atoms with Crippen molar-refractivity contribution in [3.05, 3.63) is 17.7 Å². The molecule has 0 aliphatic carbocycles. The number of hydrogen-bond acceptors (Lipinski definition) is 5. The molecule has 86 valence electrons. The lowest BCUT2D eigenvalue weighted by Gasteiger charge is -2.12. The minimum atomic E-state index is -0.435. The van der Waals surface area contributed by atoms with Gasteiger partial charge in [-0.05, 0) is 12.1 Å². The van der Waals surface area contributed by atoms with Gasteiger partial charge in [0.1, 0.15) is 6.29 Å². The lowest BCUT2D eigenvalue weighted by atomic mass is 10.1. The predicted molar refractivity (Wildman–Crippen MR) is 60.2 cm³/mol. The molecule has 0 spiro atoms. The molecule has 0 saturated heterocycles. The number of amides is 1. The molecule has 0 aliphatic heterocycles. The normalized spacial score (nSPS) is 9.56. The number of nitrogens with two attached hydrogens (primary N) is 2. The number of benzene rings is 1. The maximum Gasteiger partial charge on any atom is 0.255 e. The number of carbonyl (C=O) groups is 2. The van der Waals surface area contributed by atoms with Crippen LogP contribution in [0.5, 0.6) is 5.75 Å². The number of rotatable bonds is 4. The molecule has 0 radical (unpaired) electrons. The van der Waals surface area contributed by atoms with E-state index in [1.165, 1.54) is 19.2 Å². The highest BCUT2D eigenvalue weighted by Gasteiger charge is 2.15. The van der Waals surface area contributed by atoms with Crippen molar-refractivity contribution in [3.8, 4) is 5.75 Å². The van der Waals surface area contributed by atoms with Gasteiger partial charge in [-0.15, -0.1) is 0 Å². The number of methoxy groups -OCH3 is 1. The van der Waals surface area contributed by atoms with E-state index >= 15 is 0 Å². The van der Waals surface area contributed by atoms with Crippen LogP contribution in [0.2, 0.25) is 0 Å². The molecule has 1 aromatic carbocycles. The van der Waals surface area contributed by atoms with Crippen LogP contribution in [0, 0.1) is 0 Å². The minimum Gasteiger partial charge on any atom is -0.494 e. The highest BCUT2D eigenvalue weighted by Crippen LogP contribution is 2.31. The highest BCUT2D eigenvalue weighted by atomic mass is 16.5. The third-order valence-electron chi connectivity index (χ3n) is 2.02. The molecule has 6 heteroatoms. The van der Waals surface area contributed by atoms with E-state index in [1.807, 2.05) is 0 Å². The van der Waals surface area contributed by atoms with E-state index in [4.69, 9.17) is 16.2 Å². The maximum absolute atomic E-state index is 11.6. The fourth-order valence-electron chi connectivity index (χ4n) is 1.24. The Morgan fingerprint density at radius 3 is 2.75 bits per heavy atom. The molecule has 1 rings (SSSR count). The van der Waals surface area contributed by atoms with Gasteiger partial charge < -0.3 is 26.3 Å². The van der Waals surface area contributed by atoms with Gasteiger partial charge in [0.25, 0.3) is 5.91 Å². The Balaban J connectivity index is 3.08. The number of carbonyl (C=O) groups excluding carboxylic acids is 2. The molecular weight excluding hydrogens is 210 g/mol. The summed E-state index contributed by atoms with van der Waals surface area (Å²) in [6.45, 7) is -0.0632. The van der Waals surface area contributed by atoms with E-state index in [-0.39, 0.29) is 23.5 Å². The first kappa shape index (κ1) is 11.8. The van der Waals surface area contributed by atoms with Gasteiger partial charge >= 0.3 is 0 Å². The molecule has 1 aromatic rings. The second kappa shape index (κ2) is 5.01. The van der Waals surface area contributed by atoms with Crippen molar-refractivity contribution >= 4 is 23.6 Å². The first-order chi connectivity index (χ1) is 7.61. The zero-order valence-corrected chi connectivity index (χ0v) is 8.82. The zero-order chi connectivity index (χ0) is 12.1. The third-order valence-corrected chi connectivity index (χ3v) is 2.02. The Morgan fingerprint density at radius 2 is 2.19 bits per heavy atom. The Hall–Kier alpha value is -2.24. The monoisotopic (exact) mass is 223 g/mol. The lowest BCUT2D eigenvalue weighted by Crippen LogP contribution is -2.25. The standard InChI is InChI=1S/C10H13N3O3/c1-16-9-6(10(15)13-4-5-14)2-3-7(11)8(9)12/h2-3,5H,4,11-12H2,1H3,(H,13,15). The van der Waals surface area contributed by atoms with Crippen LogP contribution < -0.4 is 21.5 Å². The largest absolute Gasteiger partial charge is 0.494 e. The van der Waals surface area contributed by atoms with Crippen LogP contribution in [0.25, 0.3) is 0 Å². The molecule has 0 aliphatic rings. The first-order valence-electron chi connectivity index (χ1n) is 4.55. The van der Waals surface area contributed by atoms with E-state index in [0.717, 1.165) is 0 Å². The molecule has 0 saturated carbocycles. The minimum absolute atomic E-state index is 0.0632. The summed E-state index contributed by atoms with van der Waals surface area (Å²) in [7, 11) is 1.39. The van der Waals surface area contributed by atoms with Crippen molar-refractivity contribution in [2.45, 2.75) is 0 Å². The average molecular weight is 223 g/mol. The van der Waals surface area contributed by atoms with Crippen LogP contribution in [0.4, 0.5) is 11.4 Å². The SMILES string of the molecule is COc1c(C(=O)NCC=O)ccc(N)c1N. The van der Waals surface area contributed by atoms with Crippen molar-refractivity contribution in [2.24, 2.45) is 0 Å². The summed E-state index contributed by atoms with van der Waals surface area (Å²) < 4.78 is 5.00. The first-order valence-corrected chi connectivity index (χ1v) is 4.55. The van der Waals surface area contributed by atoms with Gasteiger partial charge in [0.05, 0.1) is 30.6 Å². The van der Waals surface area contributed by atoms with Gasteiger partial charge in [-0.1, -0.05) is 0 Å². The van der Waals surface area contributed by atoms with Gasteiger partial charge in [0.15, 0.2) is 5.75 Å². The Kier molecular flexibility index (Phi) is 3.71. The van der Waals surface area contributed by atoms with E-state index in [2.05, 4.69) is 5.32 Å². The van der Waals surface area contributed by atoms with Crippen molar-refractivity contribution < 1.29 is 14.3 Å². The fourth-order valence-corrected chi connectivity index (χ4v) is 1.24. The topological polar surface area (TPSA) is 107 Å². The van der Waals surface area contributed by atoms with Gasteiger partial charge in [-0.3, -0.25) is 4.79 Å². The summed E-state index contributed by atoms with van der Waals surface area (Å²) >= 11 is 0. The number of nitrogen functional groups attached to an aromatic ring is 2. The van der Waals surface area contributed by atoms with Crippen molar-refractivity contribution in [1.29, 1.82) is 0 Å². The zero-order valence-electron chi connectivity index (χ0n) is 8.82. The highest BCUT2D eigenvalue weighted by molar-refractivity contribution is 6.00. The van der Waals surface area contributed by atoms with Crippen LogP contribution >= 0.6 is 0 Å². The number of hydrogen-bond donors (Lipinski definition) is 3. The van der Waals surface area contributed by atoms with E-state index < -0.39 is 5.91 Å². The third kappa shape index (κ3) is 2.22. The summed E-state index contributed by atoms with van der Waals surface area (Å²) in [6, 6.07) is 3.00. The van der Waals surface area contributed by atoms with E-state index in [9.17, 15) is 9.59 Å². The number of nitrogens with one attached hydrogen (secondary N) is 1. The van der Waals surface area contributed by atoms with E-state index in [1.54, 1.807) is 0 Å². The summed E-state index contributed by atoms with van der Waals surface area (Å²) in [6.07, 6.45) is 0.588. The number of anilines is 2. The number of aldehydes is 1. The predicted octanol–water partition coefficient (Wildman–Crippen LogP) is -0.212. The summed E-state index contributed by atoms with van der Waals surface area (Å²) in [4.78, 5) is 21.7. The molecule has 1 amide bonds. The molecule has 0 unspecified atom stereocenters. The van der Waals surface area contributed by atoms with Crippen molar-refractivity contribution in [2.75, 3.05) is 25.1 Å². The summed E-state index contributed by atoms with van der Waals surface area (Å²) in [5.41, 5.74) is 12.0. The lowest BCUT2D eigenvalue weighted by molar-refractivity contribution is -0.107. The molecule has 0 heterocycles. The molecule has 5 N–H and O–H groups in total. The molecular formula is C10H13N3O3. The second-order valence-corrected chi connectivity index (χ2v) is 3.03. The maximum atomic E-state index is 11.6. The van der Waals surface area contributed by atoms with Crippen molar-refractivity contribution in [3.63, 3.8) is 0 Å². The van der Waals surface area contributed by atoms with Crippen LogP contribution in [-0.4, -0.2) is 25.8 Å². The molecule has 0 fully saturated rings. The second-order valence-electron chi connectivity index (χ2n) is 3.03. The Bertz CT molecular complexity index is 418. The van der Waals surface area contributed by atoms with Gasteiger partial charge in [-0.2, -0.15) is 0 Å². The summed E-state index contributed by atoms with van der Waals surface area (Å²) in [5.74, 6) is -0.223. The van der Waals surface area contributed by atoms with Crippen LogP contribution in [0.3, 0.4) is 0 Å². The molecule has 0 aromatic heterocycles. The Labute approximate surface area is 92.6 Å². The smallest absolute Gasteiger partial charge is 0.255 e. The van der Waals surface area contributed by atoms with Crippen LogP contribution in [0.1, 0.15) is 10.4 Å². The number of ether oxygens (including phenoxy) is 1. The van der Waals surface area contributed by atoms with Crippen molar-refractivity contribution in [1.82, 2.24) is 5.32 Å². The van der Waals surface area contributed by atoms with Gasteiger partial charge in [0, 0.05) is 0 Å². The van der Waals surface area contributed by atoms with Gasteiger partial charge in [0.2, 0.25) is 0 Å². The quantitative estimate of drug-likeness (QED) is 0.483. The summed E-state index contributed by atoms with van der Waals surface area (Å²) in [5, 5.41) is 2.39. The van der Waals surface area contributed by atoms with E-state index in [0.29, 0.717) is 12.0 Å². The molecule has 0 atom stereocenters. The van der Waals surface area contributed by atoms with Crippen LogP contribution in [0.15, 0.2) is 12.1 Å². The Morgan fingerprint density at radius 1 is 1.50 bits per heavy atom. The fraction of sp³-hybridized carbons (Fsp3) is 0.200. The molecule has 6 nitrogen and oxygen atoms in total.